The van der Waals surface area contributed by atoms with Gasteiger partial charge in [0, 0.05) is 18.8 Å². The largest absolute Gasteiger partial charge is 0.466 e. The molecular formula is C14H14ClN3O5. The quantitative estimate of drug-likeness (QED) is 0.517. The topological polar surface area (TPSA) is 102 Å². The number of nitro groups is 1. The molecule has 9 heteroatoms. The van der Waals surface area contributed by atoms with Crippen LogP contribution in [0.5, 0.6) is 0 Å². The fourth-order valence-electron chi connectivity index (χ4n) is 2.31. The first-order valence-corrected chi connectivity index (χ1v) is 6.92. The third kappa shape index (κ3) is 2.98. The van der Waals surface area contributed by atoms with Crippen molar-refractivity contribution >= 4 is 29.3 Å². The molecule has 0 aliphatic carbocycles. The molecule has 1 aromatic rings. The number of esters is 1. The molecule has 8 nitrogen and oxygen atoms in total. The summed E-state index contributed by atoms with van der Waals surface area (Å²) in [5, 5.41) is 13.6. The van der Waals surface area contributed by atoms with E-state index in [4.69, 9.17) is 16.3 Å². The Hall–Kier alpha value is -2.61. The first-order valence-electron chi connectivity index (χ1n) is 6.55. The van der Waals surface area contributed by atoms with E-state index in [9.17, 15) is 19.7 Å². The van der Waals surface area contributed by atoms with Gasteiger partial charge >= 0.3 is 12.0 Å². The van der Waals surface area contributed by atoms with Gasteiger partial charge < -0.3 is 15.0 Å². The van der Waals surface area contributed by atoms with Gasteiger partial charge in [-0.05, 0) is 18.6 Å². The Bertz CT molecular complexity index is 731. The van der Waals surface area contributed by atoms with Crippen molar-refractivity contribution in [2.45, 2.75) is 13.0 Å². The molecule has 1 aliphatic heterocycles. The van der Waals surface area contributed by atoms with Gasteiger partial charge in [0.1, 0.15) is 5.02 Å². The minimum atomic E-state index is -0.859. The van der Waals surface area contributed by atoms with Gasteiger partial charge in [0.2, 0.25) is 0 Å². The Balaban J connectivity index is 2.60. The van der Waals surface area contributed by atoms with Crippen molar-refractivity contribution in [2.75, 3.05) is 14.2 Å². The second-order valence-corrected chi connectivity index (χ2v) is 5.31. The normalized spacial score (nSPS) is 17.8. The highest BCUT2D eigenvalue weighted by molar-refractivity contribution is 6.32. The number of methoxy groups -OCH3 is 1. The summed E-state index contributed by atoms with van der Waals surface area (Å²) in [5.74, 6) is -0.628. The highest BCUT2D eigenvalue weighted by Crippen LogP contribution is 2.34. The number of rotatable bonds is 3. The number of nitrogens with one attached hydrogen (secondary N) is 1. The highest BCUT2D eigenvalue weighted by Gasteiger charge is 2.35. The zero-order valence-corrected chi connectivity index (χ0v) is 13.4. The summed E-state index contributed by atoms with van der Waals surface area (Å²) in [7, 11) is 2.73. The van der Waals surface area contributed by atoms with Crippen molar-refractivity contribution in [1.82, 2.24) is 10.2 Å². The summed E-state index contributed by atoms with van der Waals surface area (Å²) in [6.45, 7) is 1.60. The number of carbonyl (C=O) groups is 2. The average Bonchev–Trinajstić information content (AvgIpc) is 2.51. The molecule has 2 amide bonds. The van der Waals surface area contributed by atoms with E-state index >= 15 is 0 Å². The molecule has 0 aromatic heterocycles. The molecule has 122 valence electrons. The fourth-order valence-corrected chi connectivity index (χ4v) is 2.50. The number of amides is 2. The van der Waals surface area contributed by atoms with Crippen molar-refractivity contribution in [3.8, 4) is 0 Å². The zero-order valence-electron chi connectivity index (χ0n) is 12.6. The fraction of sp³-hybridized carbons (Fsp3) is 0.286. The van der Waals surface area contributed by atoms with Gasteiger partial charge in [-0.15, -0.1) is 0 Å². The molecule has 1 aliphatic rings. The van der Waals surface area contributed by atoms with Crippen LogP contribution in [0.4, 0.5) is 10.5 Å². The number of allylic oxidation sites excluding steroid dienone is 1. The Labute approximate surface area is 136 Å². The van der Waals surface area contributed by atoms with Crippen LogP contribution in [0.25, 0.3) is 0 Å². The summed E-state index contributed by atoms with van der Waals surface area (Å²) in [4.78, 5) is 35.8. The first-order chi connectivity index (χ1) is 10.8. The van der Waals surface area contributed by atoms with E-state index in [-0.39, 0.29) is 16.3 Å². The van der Waals surface area contributed by atoms with E-state index in [0.717, 1.165) is 0 Å². The highest BCUT2D eigenvalue weighted by atomic mass is 35.5. The molecule has 0 spiro atoms. The number of hydrogen-bond donors (Lipinski definition) is 1. The lowest BCUT2D eigenvalue weighted by molar-refractivity contribution is -0.384. The molecule has 1 N–H and O–H groups in total. The summed E-state index contributed by atoms with van der Waals surface area (Å²) in [5.41, 5.74) is 0.663. The van der Waals surface area contributed by atoms with Crippen molar-refractivity contribution in [2.24, 2.45) is 0 Å². The van der Waals surface area contributed by atoms with E-state index in [1.165, 1.54) is 37.3 Å². The predicted octanol–water partition coefficient (Wildman–Crippen LogP) is 2.39. The minimum Gasteiger partial charge on any atom is -0.466 e. The monoisotopic (exact) mass is 339 g/mol. The van der Waals surface area contributed by atoms with E-state index in [1.54, 1.807) is 6.92 Å². The minimum absolute atomic E-state index is 0.0293. The lowest BCUT2D eigenvalue weighted by atomic mass is 9.95. The van der Waals surface area contributed by atoms with Crippen LogP contribution in [0.1, 0.15) is 18.5 Å². The van der Waals surface area contributed by atoms with Crippen LogP contribution < -0.4 is 5.32 Å². The number of benzene rings is 1. The second-order valence-electron chi connectivity index (χ2n) is 4.90. The molecule has 1 heterocycles. The lowest BCUT2D eigenvalue weighted by Gasteiger charge is -2.33. The van der Waals surface area contributed by atoms with Gasteiger partial charge in [-0.3, -0.25) is 10.1 Å². The average molecular weight is 340 g/mol. The van der Waals surface area contributed by atoms with Crippen molar-refractivity contribution in [3.05, 3.63) is 50.2 Å². The Morgan fingerprint density at radius 3 is 2.70 bits per heavy atom. The van der Waals surface area contributed by atoms with Crippen LogP contribution in [-0.4, -0.2) is 36.0 Å². The standard InChI is InChI=1S/C14H14ClN3O5/c1-7-11(13(19)23-3)12(16-14(20)17(7)2)8-4-5-9(15)10(6-8)18(21)22/h4-6,12H,1-3H3,(H,16,20)/t12-/m0/s1. The lowest BCUT2D eigenvalue weighted by Crippen LogP contribution is -2.46. The van der Waals surface area contributed by atoms with Gasteiger partial charge in [0.15, 0.2) is 0 Å². The summed E-state index contributed by atoms with van der Waals surface area (Å²) in [6.07, 6.45) is 0. The number of ether oxygens (including phenoxy) is 1. The zero-order chi connectivity index (χ0) is 17.3. The van der Waals surface area contributed by atoms with Crippen LogP contribution in [0.2, 0.25) is 5.02 Å². The number of nitrogens with zero attached hydrogens (tertiary/aromatic N) is 2. The second kappa shape index (κ2) is 6.25. The molecule has 1 atom stereocenters. The molecule has 23 heavy (non-hydrogen) atoms. The number of hydrogen-bond acceptors (Lipinski definition) is 5. The van der Waals surface area contributed by atoms with Gasteiger partial charge in [0.05, 0.1) is 23.6 Å². The maximum Gasteiger partial charge on any atom is 0.337 e. The molecule has 2 rings (SSSR count). The van der Waals surface area contributed by atoms with E-state index < -0.39 is 23.0 Å². The van der Waals surface area contributed by atoms with Gasteiger partial charge in [-0.2, -0.15) is 0 Å². The number of nitro benzene ring substituents is 1. The first kappa shape index (κ1) is 16.8. The predicted molar refractivity (Wildman–Crippen MR) is 81.9 cm³/mol. The van der Waals surface area contributed by atoms with Crippen molar-refractivity contribution < 1.29 is 19.2 Å². The van der Waals surface area contributed by atoms with E-state index in [0.29, 0.717) is 11.3 Å². The Kier molecular flexibility index (Phi) is 4.55. The summed E-state index contributed by atoms with van der Waals surface area (Å²) < 4.78 is 4.76. The molecule has 1 aromatic carbocycles. The Morgan fingerprint density at radius 2 is 2.13 bits per heavy atom. The molecule has 0 saturated carbocycles. The third-order valence-corrected chi connectivity index (χ3v) is 3.98. The third-order valence-electron chi connectivity index (χ3n) is 3.66. The van der Waals surface area contributed by atoms with Crippen LogP contribution in [-0.2, 0) is 9.53 Å². The molecule has 0 saturated heterocycles. The number of urea groups is 1. The van der Waals surface area contributed by atoms with Crippen LogP contribution >= 0.6 is 11.6 Å². The van der Waals surface area contributed by atoms with Gasteiger partial charge in [-0.25, -0.2) is 9.59 Å². The molecular weight excluding hydrogens is 326 g/mol. The maximum absolute atomic E-state index is 12.1. The summed E-state index contributed by atoms with van der Waals surface area (Å²) >= 11 is 5.80. The molecule has 0 fully saturated rings. The summed E-state index contributed by atoms with van der Waals surface area (Å²) in [6, 6.07) is 2.81. The molecule has 0 radical (unpaired) electrons. The maximum atomic E-state index is 12.1. The SMILES string of the molecule is COC(=O)C1=C(C)N(C)C(=O)N[C@H]1c1ccc(Cl)c([N+](=O)[O-])c1. The Morgan fingerprint density at radius 1 is 1.48 bits per heavy atom. The van der Waals surface area contributed by atoms with Crippen LogP contribution in [0.15, 0.2) is 29.5 Å². The molecule has 0 bridgehead atoms. The van der Waals surface area contributed by atoms with Crippen molar-refractivity contribution in [3.63, 3.8) is 0 Å². The van der Waals surface area contributed by atoms with Crippen molar-refractivity contribution in [1.29, 1.82) is 0 Å². The van der Waals surface area contributed by atoms with E-state index in [2.05, 4.69) is 5.32 Å². The molecule has 0 unspecified atom stereocenters. The number of halogens is 1. The van der Waals surface area contributed by atoms with Gasteiger partial charge in [-0.1, -0.05) is 17.7 Å². The van der Waals surface area contributed by atoms with Crippen LogP contribution in [0.3, 0.4) is 0 Å². The number of carbonyl (C=O) groups excluding carboxylic acids is 2. The van der Waals surface area contributed by atoms with Crippen LogP contribution in [0, 0.1) is 10.1 Å². The van der Waals surface area contributed by atoms with Gasteiger partial charge in [0.25, 0.3) is 5.69 Å². The van der Waals surface area contributed by atoms with E-state index in [1.807, 2.05) is 0 Å². The smallest absolute Gasteiger partial charge is 0.337 e.